The van der Waals surface area contributed by atoms with Gasteiger partial charge in [-0.15, -0.1) is 0 Å². The Labute approximate surface area is 223 Å². The van der Waals surface area contributed by atoms with E-state index in [1.807, 2.05) is 12.1 Å². The average molecular weight is 544 g/mol. The molecule has 0 bridgehead atoms. The van der Waals surface area contributed by atoms with Crippen molar-refractivity contribution < 1.29 is 19.1 Å². The fourth-order valence-corrected chi connectivity index (χ4v) is 4.11. The van der Waals surface area contributed by atoms with Crippen LogP contribution in [0.15, 0.2) is 77.5 Å². The van der Waals surface area contributed by atoms with E-state index in [4.69, 9.17) is 39.5 Å². The maximum atomic E-state index is 13.0. The number of carbonyl (C=O) groups is 3. The lowest BCUT2D eigenvalue weighted by Gasteiger charge is -2.19. The Morgan fingerprint density at radius 2 is 1.50 bits per heavy atom. The van der Waals surface area contributed by atoms with Crippen LogP contribution < -0.4 is 15.0 Å². The number of halogens is 3. The van der Waals surface area contributed by atoms with Crippen molar-refractivity contribution in [2.45, 2.75) is 26.2 Å². The topological polar surface area (TPSA) is 75.7 Å². The molecule has 0 radical (unpaired) electrons. The van der Waals surface area contributed by atoms with E-state index in [1.54, 1.807) is 36.4 Å². The Morgan fingerprint density at radius 1 is 0.861 bits per heavy atom. The van der Waals surface area contributed by atoms with Gasteiger partial charge in [0.05, 0.1) is 21.3 Å². The van der Waals surface area contributed by atoms with Crippen LogP contribution in [0.5, 0.6) is 5.75 Å². The molecule has 0 spiro atoms. The van der Waals surface area contributed by atoms with Gasteiger partial charge in [-0.1, -0.05) is 73.8 Å². The molecule has 0 fully saturated rings. The second-order valence-corrected chi connectivity index (χ2v) is 10.2. The van der Waals surface area contributed by atoms with Crippen molar-refractivity contribution in [3.63, 3.8) is 0 Å². The molecule has 0 aromatic heterocycles. The molecule has 1 aliphatic heterocycles. The molecule has 4 rings (SSSR count). The number of anilines is 2. The minimum Gasteiger partial charge on any atom is -0.423 e. The third-order valence-electron chi connectivity index (χ3n) is 5.52. The quantitative estimate of drug-likeness (QED) is 0.214. The molecular formula is C27H21Cl3N2O4. The zero-order chi connectivity index (χ0) is 26.2. The molecule has 3 aromatic carbocycles. The van der Waals surface area contributed by atoms with Crippen molar-refractivity contribution in [1.29, 1.82) is 0 Å². The zero-order valence-corrected chi connectivity index (χ0v) is 21.8. The largest absolute Gasteiger partial charge is 0.423 e. The Hall–Kier alpha value is -3.32. The van der Waals surface area contributed by atoms with Crippen molar-refractivity contribution in [2.75, 3.05) is 10.2 Å². The minimum atomic E-state index is -0.731. The zero-order valence-electron chi connectivity index (χ0n) is 19.6. The molecule has 1 heterocycles. The number of nitrogens with zero attached hydrogens (tertiary/aromatic N) is 1. The van der Waals surface area contributed by atoms with Gasteiger partial charge in [0.1, 0.15) is 16.5 Å². The average Bonchev–Trinajstić information content (AvgIpc) is 3.04. The molecule has 0 atom stereocenters. The number of hydrogen-bond donors (Lipinski definition) is 1. The number of benzene rings is 3. The summed E-state index contributed by atoms with van der Waals surface area (Å²) in [6, 6.07) is 18.2. The van der Waals surface area contributed by atoms with E-state index in [0.29, 0.717) is 17.0 Å². The summed E-state index contributed by atoms with van der Waals surface area (Å²) in [5, 5.41) is 2.81. The summed E-state index contributed by atoms with van der Waals surface area (Å²) in [7, 11) is 0. The van der Waals surface area contributed by atoms with Gasteiger partial charge in [0.15, 0.2) is 0 Å². The SMILES string of the molecule is CC(C)(C)c1ccc(OC(=O)c2ccc(NC3=C(Cl)C(=O)N(c4cccc(Cl)c4Cl)C3=O)cc2)cc1. The first kappa shape index (κ1) is 25.8. The third-order valence-corrected chi connectivity index (χ3v) is 6.68. The first-order chi connectivity index (χ1) is 17.0. The van der Waals surface area contributed by atoms with E-state index >= 15 is 0 Å². The molecule has 1 N–H and O–H groups in total. The van der Waals surface area contributed by atoms with Gasteiger partial charge in [-0.2, -0.15) is 0 Å². The maximum Gasteiger partial charge on any atom is 0.343 e. The lowest BCUT2D eigenvalue weighted by Crippen LogP contribution is -2.32. The van der Waals surface area contributed by atoms with E-state index in [1.165, 1.54) is 18.2 Å². The van der Waals surface area contributed by atoms with Gasteiger partial charge >= 0.3 is 5.97 Å². The number of ether oxygens (including phenoxy) is 1. The predicted octanol–water partition coefficient (Wildman–Crippen LogP) is 6.95. The molecule has 184 valence electrons. The van der Waals surface area contributed by atoms with Crippen LogP contribution in [0.4, 0.5) is 11.4 Å². The van der Waals surface area contributed by atoms with Crippen LogP contribution in [0.25, 0.3) is 0 Å². The number of amides is 2. The highest BCUT2D eigenvalue weighted by Crippen LogP contribution is 2.37. The van der Waals surface area contributed by atoms with Gasteiger partial charge in [0.25, 0.3) is 11.8 Å². The number of hydrogen-bond acceptors (Lipinski definition) is 5. The molecule has 0 saturated carbocycles. The first-order valence-electron chi connectivity index (χ1n) is 10.9. The fraction of sp³-hybridized carbons (Fsp3) is 0.148. The highest BCUT2D eigenvalue weighted by molar-refractivity contribution is 6.54. The molecule has 0 unspecified atom stereocenters. The van der Waals surface area contributed by atoms with E-state index in [0.717, 1.165) is 10.5 Å². The number of rotatable bonds is 5. The highest BCUT2D eigenvalue weighted by atomic mass is 35.5. The van der Waals surface area contributed by atoms with Crippen molar-refractivity contribution in [3.8, 4) is 5.75 Å². The lowest BCUT2D eigenvalue weighted by atomic mass is 9.87. The molecule has 0 saturated heterocycles. The van der Waals surface area contributed by atoms with E-state index in [9.17, 15) is 14.4 Å². The molecule has 6 nitrogen and oxygen atoms in total. The normalized spacial score (nSPS) is 13.9. The van der Waals surface area contributed by atoms with E-state index in [-0.39, 0.29) is 31.9 Å². The summed E-state index contributed by atoms with van der Waals surface area (Å²) < 4.78 is 5.45. The van der Waals surface area contributed by atoms with Crippen molar-refractivity contribution in [3.05, 3.63) is 98.6 Å². The molecular weight excluding hydrogens is 523 g/mol. The van der Waals surface area contributed by atoms with E-state index < -0.39 is 17.8 Å². The molecule has 9 heteroatoms. The van der Waals surface area contributed by atoms with Gasteiger partial charge in [-0.25, -0.2) is 9.69 Å². The standard InChI is InChI=1S/C27H21Cl3N2O4/c1-27(2,3)16-9-13-18(14-10-16)36-26(35)15-7-11-17(12-8-15)31-23-22(30)24(33)32(25(23)34)20-6-4-5-19(28)21(20)29/h4-14,31H,1-3H3. The number of esters is 1. The van der Waals surface area contributed by atoms with Gasteiger partial charge in [0, 0.05) is 5.69 Å². The van der Waals surface area contributed by atoms with Crippen LogP contribution in [-0.4, -0.2) is 17.8 Å². The number of carbonyl (C=O) groups excluding carboxylic acids is 3. The highest BCUT2D eigenvalue weighted by Gasteiger charge is 2.40. The molecule has 3 aromatic rings. The summed E-state index contributed by atoms with van der Waals surface area (Å²) >= 11 is 18.4. The van der Waals surface area contributed by atoms with Gasteiger partial charge < -0.3 is 10.1 Å². The summed E-state index contributed by atoms with van der Waals surface area (Å²) in [6.45, 7) is 6.31. The first-order valence-corrected chi connectivity index (χ1v) is 12.0. The maximum absolute atomic E-state index is 13.0. The van der Waals surface area contributed by atoms with Gasteiger partial charge in [-0.05, 0) is 59.5 Å². The summed E-state index contributed by atoms with van der Waals surface area (Å²) in [4.78, 5) is 39.1. The van der Waals surface area contributed by atoms with Crippen LogP contribution in [0.2, 0.25) is 10.0 Å². The summed E-state index contributed by atoms with van der Waals surface area (Å²) in [5.74, 6) is -1.51. The Balaban J connectivity index is 1.46. The summed E-state index contributed by atoms with van der Waals surface area (Å²) in [6.07, 6.45) is 0. The van der Waals surface area contributed by atoms with Crippen LogP contribution in [0.1, 0.15) is 36.7 Å². The number of imide groups is 1. The second-order valence-electron chi connectivity index (χ2n) is 9.07. The van der Waals surface area contributed by atoms with Crippen LogP contribution in [0.3, 0.4) is 0 Å². The van der Waals surface area contributed by atoms with E-state index in [2.05, 4.69) is 26.1 Å². The van der Waals surface area contributed by atoms with Crippen LogP contribution >= 0.6 is 34.8 Å². The minimum absolute atomic E-state index is 0.00748. The molecule has 36 heavy (non-hydrogen) atoms. The lowest BCUT2D eigenvalue weighted by molar-refractivity contribution is -0.120. The monoisotopic (exact) mass is 542 g/mol. The van der Waals surface area contributed by atoms with Crippen LogP contribution in [0, 0.1) is 0 Å². The fourth-order valence-electron chi connectivity index (χ4n) is 3.52. The Bertz CT molecular complexity index is 1390. The van der Waals surface area contributed by atoms with Gasteiger partial charge in [0.2, 0.25) is 0 Å². The molecule has 2 amide bonds. The third kappa shape index (κ3) is 5.12. The van der Waals surface area contributed by atoms with Crippen molar-refractivity contribution >= 4 is 64.0 Å². The predicted molar refractivity (Wildman–Crippen MR) is 142 cm³/mol. The summed E-state index contributed by atoms with van der Waals surface area (Å²) in [5.41, 5.74) is 1.87. The number of nitrogens with one attached hydrogen (secondary N) is 1. The van der Waals surface area contributed by atoms with Gasteiger partial charge in [-0.3, -0.25) is 9.59 Å². The van der Waals surface area contributed by atoms with Crippen molar-refractivity contribution in [1.82, 2.24) is 0 Å². The Morgan fingerprint density at radius 3 is 2.11 bits per heavy atom. The molecule has 0 aliphatic carbocycles. The van der Waals surface area contributed by atoms with Crippen LogP contribution in [-0.2, 0) is 15.0 Å². The molecule has 1 aliphatic rings. The van der Waals surface area contributed by atoms with Crippen molar-refractivity contribution in [2.24, 2.45) is 0 Å². The second kappa shape index (κ2) is 9.97. The Kier molecular flexibility index (Phi) is 7.14. The smallest absolute Gasteiger partial charge is 0.343 e.